The fourth-order valence-electron chi connectivity index (χ4n) is 3.36. The Morgan fingerprint density at radius 1 is 1.23 bits per heavy atom. The molecule has 3 aromatic rings. The summed E-state index contributed by atoms with van der Waals surface area (Å²) in [5, 5.41) is 7.28. The Labute approximate surface area is 175 Å². The van der Waals surface area contributed by atoms with E-state index in [0.717, 1.165) is 22.3 Å². The highest BCUT2D eigenvalue weighted by molar-refractivity contribution is 6.02. The summed E-state index contributed by atoms with van der Waals surface area (Å²) >= 11 is 0. The number of nitrogens with one attached hydrogen (secondary N) is 1. The molecule has 1 aromatic carbocycles. The molecule has 6 heteroatoms. The van der Waals surface area contributed by atoms with Gasteiger partial charge in [-0.25, -0.2) is 4.39 Å². The van der Waals surface area contributed by atoms with Gasteiger partial charge in [-0.2, -0.15) is 5.10 Å². The largest absolute Gasteiger partial charge is 0.323 e. The molecule has 0 spiro atoms. The summed E-state index contributed by atoms with van der Waals surface area (Å²) in [4.78, 5) is 16.5. The predicted molar refractivity (Wildman–Crippen MR) is 117 cm³/mol. The second-order valence-corrected chi connectivity index (χ2v) is 8.32. The highest BCUT2D eigenvalue weighted by Crippen LogP contribution is 2.35. The van der Waals surface area contributed by atoms with E-state index in [9.17, 15) is 9.18 Å². The monoisotopic (exact) mass is 404 g/mol. The van der Waals surface area contributed by atoms with Crippen molar-refractivity contribution < 1.29 is 9.18 Å². The molecule has 0 saturated heterocycles. The van der Waals surface area contributed by atoms with Crippen LogP contribution in [0, 0.1) is 0 Å². The lowest BCUT2D eigenvalue weighted by molar-refractivity contribution is -0.111. The molecule has 2 heterocycles. The fraction of sp³-hybridized carbons (Fsp3) is 0.292. The summed E-state index contributed by atoms with van der Waals surface area (Å²) in [6.07, 6.45) is 13.3. The zero-order chi connectivity index (χ0) is 21.1. The number of amides is 1. The number of nitrogens with zero attached hydrogens (tertiary/aromatic N) is 3. The van der Waals surface area contributed by atoms with E-state index >= 15 is 0 Å². The molecule has 5 nitrogen and oxygen atoms in total. The molecule has 1 aliphatic carbocycles. The summed E-state index contributed by atoms with van der Waals surface area (Å²) in [6.45, 7) is 3.11. The van der Waals surface area contributed by atoms with Gasteiger partial charge in [-0.15, -0.1) is 0 Å². The fourth-order valence-corrected chi connectivity index (χ4v) is 3.36. The topological polar surface area (TPSA) is 59.8 Å². The van der Waals surface area contributed by atoms with E-state index in [1.54, 1.807) is 44.4 Å². The van der Waals surface area contributed by atoms with Crippen LogP contribution in [0.2, 0.25) is 0 Å². The first-order valence-electron chi connectivity index (χ1n) is 10.1. The molecule has 30 heavy (non-hydrogen) atoms. The van der Waals surface area contributed by atoms with Crippen molar-refractivity contribution in [1.82, 2.24) is 14.8 Å². The third-order valence-corrected chi connectivity index (χ3v) is 4.95. The van der Waals surface area contributed by atoms with E-state index in [0.29, 0.717) is 18.2 Å². The van der Waals surface area contributed by atoms with Crippen LogP contribution in [0.4, 0.5) is 10.1 Å². The molecule has 0 aliphatic heterocycles. The first-order valence-corrected chi connectivity index (χ1v) is 10.1. The minimum Gasteiger partial charge on any atom is -0.323 e. The maximum Gasteiger partial charge on any atom is 0.248 e. The summed E-state index contributed by atoms with van der Waals surface area (Å²) < 4.78 is 15.8. The molecule has 0 bridgehead atoms. The summed E-state index contributed by atoms with van der Waals surface area (Å²) in [5.41, 5.74) is 3.15. The van der Waals surface area contributed by atoms with Gasteiger partial charge in [0.25, 0.3) is 0 Å². The number of carbonyl (C=O) groups is 1. The lowest BCUT2D eigenvalue weighted by atomic mass is 10.0. The van der Waals surface area contributed by atoms with Crippen LogP contribution in [-0.4, -0.2) is 26.3 Å². The van der Waals surface area contributed by atoms with E-state index in [1.165, 1.54) is 18.9 Å². The molecule has 0 unspecified atom stereocenters. The lowest BCUT2D eigenvalue weighted by Gasteiger charge is -2.14. The van der Waals surface area contributed by atoms with Gasteiger partial charge in [0.15, 0.2) is 0 Å². The average Bonchev–Trinajstić information content (AvgIpc) is 3.44. The molecule has 154 valence electrons. The number of alkyl halides is 1. The van der Waals surface area contributed by atoms with Crippen molar-refractivity contribution >= 4 is 17.7 Å². The van der Waals surface area contributed by atoms with E-state index in [4.69, 9.17) is 0 Å². The van der Waals surface area contributed by atoms with Gasteiger partial charge in [-0.05, 0) is 62.1 Å². The predicted octanol–water partition coefficient (Wildman–Crippen LogP) is 5.22. The molecule has 0 radical (unpaired) electrons. The van der Waals surface area contributed by atoms with Crippen molar-refractivity contribution in [3.8, 4) is 11.1 Å². The number of benzene rings is 1. The van der Waals surface area contributed by atoms with Crippen molar-refractivity contribution in [2.45, 2.75) is 44.8 Å². The Morgan fingerprint density at radius 2 is 2.00 bits per heavy atom. The summed E-state index contributed by atoms with van der Waals surface area (Å²) in [7, 11) is 0. The van der Waals surface area contributed by atoms with Crippen molar-refractivity contribution in [3.05, 3.63) is 72.3 Å². The van der Waals surface area contributed by atoms with Crippen LogP contribution in [0.25, 0.3) is 17.2 Å². The van der Waals surface area contributed by atoms with Crippen LogP contribution in [-0.2, 0) is 11.2 Å². The van der Waals surface area contributed by atoms with Crippen molar-refractivity contribution in [2.24, 2.45) is 0 Å². The molecule has 1 aliphatic rings. The van der Waals surface area contributed by atoms with Crippen LogP contribution in [0.1, 0.15) is 43.9 Å². The van der Waals surface area contributed by atoms with Gasteiger partial charge in [0, 0.05) is 47.9 Å². The van der Waals surface area contributed by atoms with E-state index in [2.05, 4.69) is 15.4 Å². The molecular formula is C24H25FN4O. The molecule has 1 amide bonds. The van der Waals surface area contributed by atoms with E-state index in [-0.39, 0.29) is 5.91 Å². The number of hydrogen-bond donors (Lipinski definition) is 1. The van der Waals surface area contributed by atoms with Gasteiger partial charge in [-0.3, -0.25) is 14.5 Å². The SMILES string of the molecule is CC(C)(F)Cc1ccc(NC(=O)C=Cc2cnccc2-c2cnn(C3CC3)c2)cc1. The molecule has 1 fully saturated rings. The Hall–Kier alpha value is -3.28. The zero-order valence-electron chi connectivity index (χ0n) is 17.2. The van der Waals surface area contributed by atoms with Crippen LogP contribution < -0.4 is 5.32 Å². The molecular weight excluding hydrogens is 379 g/mol. The third kappa shape index (κ3) is 5.20. The standard InChI is InChI=1S/C24H25FN4O/c1-24(2,25)13-17-3-6-20(7-4-17)28-23(30)10-5-18-14-26-12-11-22(18)19-15-27-29(16-19)21-8-9-21/h3-7,10-12,14-16,21H,8-9,13H2,1-2H3,(H,28,30). The number of aromatic nitrogens is 3. The summed E-state index contributed by atoms with van der Waals surface area (Å²) in [6, 6.07) is 9.68. The van der Waals surface area contributed by atoms with Gasteiger partial charge in [0.2, 0.25) is 5.91 Å². The van der Waals surface area contributed by atoms with Crippen molar-refractivity contribution in [1.29, 1.82) is 0 Å². The van der Waals surface area contributed by atoms with Gasteiger partial charge >= 0.3 is 0 Å². The van der Waals surface area contributed by atoms with Crippen LogP contribution in [0.15, 0.2) is 61.2 Å². The quantitative estimate of drug-likeness (QED) is 0.549. The third-order valence-electron chi connectivity index (χ3n) is 4.95. The van der Waals surface area contributed by atoms with Crippen molar-refractivity contribution in [3.63, 3.8) is 0 Å². The molecule has 2 aromatic heterocycles. The first kappa shape index (κ1) is 20.0. The second kappa shape index (κ2) is 8.22. The number of carbonyl (C=O) groups excluding carboxylic acids is 1. The molecule has 4 rings (SSSR count). The van der Waals surface area contributed by atoms with Crippen LogP contribution in [0.3, 0.4) is 0 Å². The molecule has 1 N–H and O–H groups in total. The highest BCUT2D eigenvalue weighted by atomic mass is 19.1. The maximum atomic E-state index is 13.8. The maximum absolute atomic E-state index is 13.8. The van der Waals surface area contributed by atoms with Gasteiger partial charge in [-0.1, -0.05) is 12.1 Å². The van der Waals surface area contributed by atoms with Gasteiger partial charge in [0.1, 0.15) is 5.67 Å². The summed E-state index contributed by atoms with van der Waals surface area (Å²) in [5.74, 6) is -0.239. The Bertz CT molecular complexity index is 1060. The molecule has 1 saturated carbocycles. The number of anilines is 1. The minimum atomic E-state index is -1.26. The van der Waals surface area contributed by atoms with Crippen LogP contribution >= 0.6 is 0 Å². The smallest absolute Gasteiger partial charge is 0.248 e. The normalized spacial score (nSPS) is 14.2. The van der Waals surface area contributed by atoms with E-state index in [1.807, 2.05) is 35.3 Å². The van der Waals surface area contributed by atoms with Gasteiger partial charge < -0.3 is 5.32 Å². The number of rotatable bonds is 7. The van der Waals surface area contributed by atoms with Gasteiger partial charge in [0.05, 0.1) is 12.2 Å². The zero-order valence-corrected chi connectivity index (χ0v) is 17.2. The van der Waals surface area contributed by atoms with Crippen molar-refractivity contribution in [2.75, 3.05) is 5.32 Å². The average molecular weight is 404 g/mol. The first-order chi connectivity index (χ1) is 14.4. The van der Waals surface area contributed by atoms with E-state index < -0.39 is 5.67 Å². The minimum absolute atomic E-state index is 0.239. The lowest BCUT2D eigenvalue weighted by Crippen LogP contribution is -2.15. The Balaban J connectivity index is 1.43. The second-order valence-electron chi connectivity index (χ2n) is 8.32. The molecule has 0 atom stereocenters. The Kier molecular flexibility index (Phi) is 5.48. The highest BCUT2D eigenvalue weighted by Gasteiger charge is 2.24. The number of halogens is 1. The van der Waals surface area contributed by atoms with Crippen LogP contribution in [0.5, 0.6) is 0 Å². The Morgan fingerprint density at radius 3 is 2.70 bits per heavy atom. The number of pyridine rings is 1. The number of hydrogen-bond acceptors (Lipinski definition) is 3.